The van der Waals surface area contributed by atoms with Gasteiger partial charge >= 0.3 is 0 Å². The smallest absolute Gasteiger partial charge is 0.00970 e. The first-order valence-electron chi connectivity index (χ1n) is 11.3. The van der Waals surface area contributed by atoms with Crippen LogP contribution in [0.2, 0.25) is 0 Å². The van der Waals surface area contributed by atoms with Gasteiger partial charge in [0.15, 0.2) is 0 Å². The van der Waals surface area contributed by atoms with E-state index in [9.17, 15) is 0 Å². The molecule has 7 saturated carbocycles. The van der Waals surface area contributed by atoms with E-state index in [1.165, 1.54) is 6.42 Å². The molecule has 3 spiro atoms. The molecule has 0 aromatic rings. The van der Waals surface area contributed by atoms with E-state index in [1.54, 1.807) is 12.8 Å². The molecule has 0 nitrogen and oxygen atoms in total. The number of fused-ring (bicyclic) bond motifs is 4. The molecule has 0 N–H and O–H groups in total. The van der Waals surface area contributed by atoms with Gasteiger partial charge in [0.25, 0.3) is 0 Å². The molecule has 0 radical (unpaired) electrons. The van der Waals surface area contributed by atoms with Crippen LogP contribution in [0.15, 0.2) is 0 Å². The van der Waals surface area contributed by atoms with Gasteiger partial charge in [-0.25, -0.2) is 0 Å². The van der Waals surface area contributed by atoms with Crippen molar-refractivity contribution in [2.24, 2.45) is 72.9 Å². The fraction of sp³-hybridized carbons (Fsp3) is 1.00. The minimum absolute atomic E-state index is 0.567. The standard InChI is InChI=1S/C25H38/c1-13-10-23-12-19(6,11-18(23,4)5)22(9)21(8)16-17(25(16,22)23)24(13)15(3)14(2)20(21,24)7/h13-17H,10-12H2,1-9H3. The van der Waals surface area contributed by atoms with Crippen molar-refractivity contribution in [1.82, 2.24) is 0 Å². The van der Waals surface area contributed by atoms with Gasteiger partial charge in [-0.1, -0.05) is 62.3 Å². The molecule has 0 aromatic heterocycles. The quantitative estimate of drug-likeness (QED) is 0.479. The Morgan fingerprint density at radius 1 is 0.720 bits per heavy atom. The van der Waals surface area contributed by atoms with Crippen molar-refractivity contribution >= 4 is 0 Å². The molecule has 2 bridgehead atoms. The summed E-state index contributed by atoms with van der Waals surface area (Å²) in [5.74, 6) is 4.98. The van der Waals surface area contributed by atoms with E-state index >= 15 is 0 Å². The zero-order valence-electron chi connectivity index (χ0n) is 18.0. The molecular weight excluding hydrogens is 300 g/mol. The summed E-state index contributed by atoms with van der Waals surface area (Å²) in [5, 5.41) is 0. The molecule has 7 aliphatic carbocycles. The average Bonchev–Trinajstić information content (AvgIpc) is 3.03. The van der Waals surface area contributed by atoms with Gasteiger partial charge in [0.05, 0.1) is 0 Å². The van der Waals surface area contributed by atoms with Gasteiger partial charge in [0.1, 0.15) is 0 Å². The minimum Gasteiger partial charge on any atom is -0.0619 e. The molecule has 0 aromatic carbocycles. The number of hydrogen-bond acceptors (Lipinski definition) is 0. The molecule has 0 aliphatic heterocycles. The van der Waals surface area contributed by atoms with Gasteiger partial charge in [0.2, 0.25) is 0 Å². The largest absolute Gasteiger partial charge is 0.0619 e. The highest BCUT2D eigenvalue weighted by Gasteiger charge is 3.14. The lowest BCUT2D eigenvalue weighted by molar-refractivity contribution is -0.412. The Morgan fingerprint density at radius 3 is 2.00 bits per heavy atom. The van der Waals surface area contributed by atoms with Crippen LogP contribution in [-0.2, 0) is 0 Å². The Balaban J connectivity index is 1.61. The lowest BCUT2D eigenvalue weighted by atomic mass is 9.16. The fourth-order valence-electron chi connectivity index (χ4n) is 15.0. The van der Waals surface area contributed by atoms with E-state index in [-0.39, 0.29) is 0 Å². The van der Waals surface area contributed by atoms with Crippen LogP contribution in [-0.4, -0.2) is 0 Å². The Labute approximate surface area is 154 Å². The third-order valence-electron chi connectivity index (χ3n) is 14.9. The molecule has 12 atom stereocenters. The van der Waals surface area contributed by atoms with E-state index in [2.05, 4.69) is 62.3 Å². The van der Waals surface area contributed by atoms with Gasteiger partial charge in [-0.15, -0.1) is 0 Å². The summed E-state index contributed by atoms with van der Waals surface area (Å²) in [6, 6.07) is 0. The zero-order valence-corrected chi connectivity index (χ0v) is 18.0. The second-order valence-electron chi connectivity index (χ2n) is 13.8. The average molecular weight is 339 g/mol. The first-order chi connectivity index (χ1) is 11.3. The first-order valence-corrected chi connectivity index (χ1v) is 11.3. The minimum atomic E-state index is 0.567. The van der Waals surface area contributed by atoms with Gasteiger partial charge < -0.3 is 0 Å². The van der Waals surface area contributed by atoms with E-state index in [0.29, 0.717) is 37.9 Å². The maximum Gasteiger partial charge on any atom is -0.00970 e. The number of rotatable bonds is 0. The fourth-order valence-corrected chi connectivity index (χ4v) is 15.0. The van der Waals surface area contributed by atoms with E-state index < -0.39 is 0 Å². The van der Waals surface area contributed by atoms with Crippen LogP contribution in [0.4, 0.5) is 0 Å². The Bertz CT molecular complexity index is 794. The Kier molecular flexibility index (Phi) is 1.75. The van der Waals surface area contributed by atoms with Crippen molar-refractivity contribution in [2.45, 2.75) is 81.6 Å². The van der Waals surface area contributed by atoms with Gasteiger partial charge in [0, 0.05) is 0 Å². The van der Waals surface area contributed by atoms with Crippen molar-refractivity contribution in [1.29, 1.82) is 0 Å². The van der Waals surface area contributed by atoms with Crippen LogP contribution in [0.1, 0.15) is 81.6 Å². The first kappa shape index (κ1) is 15.0. The van der Waals surface area contributed by atoms with Crippen molar-refractivity contribution in [2.75, 3.05) is 0 Å². The predicted molar refractivity (Wildman–Crippen MR) is 102 cm³/mol. The summed E-state index contributed by atoms with van der Waals surface area (Å²) >= 11 is 0. The van der Waals surface area contributed by atoms with Gasteiger partial charge in [-0.3, -0.25) is 0 Å². The normalized spacial score (nSPS) is 83.2. The molecule has 7 aliphatic rings. The predicted octanol–water partition coefficient (Wildman–Crippen LogP) is 6.40. The molecule has 0 amide bonds. The Morgan fingerprint density at radius 2 is 1.36 bits per heavy atom. The summed E-state index contributed by atoms with van der Waals surface area (Å²) in [5.41, 5.74) is 5.08. The molecule has 7 fully saturated rings. The third-order valence-corrected chi connectivity index (χ3v) is 14.9. The molecular formula is C25H38. The summed E-state index contributed by atoms with van der Waals surface area (Å²) < 4.78 is 0. The maximum atomic E-state index is 2.82. The monoisotopic (exact) mass is 338 g/mol. The molecule has 138 valence electrons. The highest BCUT2D eigenvalue weighted by Crippen LogP contribution is 3.18. The topological polar surface area (TPSA) is 0 Å². The maximum absolute atomic E-state index is 2.82. The molecule has 0 saturated heterocycles. The third kappa shape index (κ3) is 0.709. The van der Waals surface area contributed by atoms with Crippen molar-refractivity contribution in [3.8, 4) is 0 Å². The highest BCUT2D eigenvalue weighted by molar-refractivity contribution is 5.60. The van der Waals surface area contributed by atoms with E-state index in [1.807, 2.05) is 0 Å². The zero-order chi connectivity index (χ0) is 18.0. The highest BCUT2D eigenvalue weighted by atomic mass is 15.2. The lowest BCUT2D eigenvalue weighted by Gasteiger charge is -2.88. The van der Waals surface area contributed by atoms with Crippen LogP contribution in [0.5, 0.6) is 0 Å². The van der Waals surface area contributed by atoms with E-state index in [4.69, 9.17) is 0 Å². The van der Waals surface area contributed by atoms with Crippen LogP contribution < -0.4 is 0 Å². The molecule has 0 heterocycles. The van der Waals surface area contributed by atoms with Crippen molar-refractivity contribution < 1.29 is 0 Å². The van der Waals surface area contributed by atoms with Crippen LogP contribution in [0, 0.1) is 72.9 Å². The summed E-state index contributed by atoms with van der Waals surface area (Å²) in [6.45, 7) is 24.5. The van der Waals surface area contributed by atoms with Gasteiger partial charge in [-0.2, -0.15) is 0 Å². The molecule has 0 heteroatoms. The summed E-state index contributed by atoms with van der Waals surface area (Å²) in [7, 11) is 0. The second-order valence-corrected chi connectivity index (χ2v) is 13.8. The van der Waals surface area contributed by atoms with Crippen molar-refractivity contribution in [3.05, 3.63) is 0 Å². The lowest BCUT2D eigenvalue weighted by Crippen LogP contribution is -2.84. The second kappa shape index (κ2) is 2.91. The Hall–Kier alpha value is 0. The molecule has 12 unspecified atom stereocenters. The SMILES string of the molecule is CC1CC23CC(C)(CC2(C)C)C2(C)C4(C)C5C(C16C(C)C(C)C64C)C532. The van der Waals surface area contributed by atoms with E-state index in [0.717, 1.165) is 35.0 Å². The van der Waals surface area contributed by atoms with Crippen molar-refractivity contribution in [3.63, 3.8) is 0 Å². The number of hydrogen-bond donors (Lipinski definition) is 0. The summed E-state index contributed by atoms with van der Waals surface area (Å²) in [6.07, 6.45) is 4.61. The molecule has 25 heavy (non-hydrogen) atoms. The molecule has 7 rings (SSSR count). The van der Waals surface area contributed by atoms with Crippen LogP contribution >= 0.6 is 0 Å². The van der Waals surface area contributed by atoms with Crippen LogP contribution in [0.25, 0.3) is 0 Å². The summed E-state index contributed by atoms with van der Waals surface area (Å²) in [4.78, 5) is 0. The van der Waals surface area contributed by atoms with Gasteiger partial charge in [-0.05, 0) is 92.2 Å². The van der Waals surface area contributed by atoms with Crippen LogP contribution in [0.3, 0.4) is 0 Å².